The highest BCUT2D eigenvalue weighted by atomic mass is 32.1. The Kier molecular flexibility index (Phi) is 6.20. The van der Waals surface area contributed by atoms with Gasteiger partial charge in [0.05, 0.1) is 28.2 Å². The van der Waals surface area contributed by atoms with Crippen LogP contribution < -0.4 is 11.1 Å². The van der Waals surface area contributed by atoms with Crippen molar-refractivity contribution in [1.29, 1.82) is 0 Å². The summed E-state index contributed by atoms with van der Waals surface area (Å²) in [6.45, 7) is 3.13. The summed E-state index contributed by atoms with van der Waals surface area (Å²) in [5.74, 6) is 0.857. The summed E-state index contributed by atoms with van der Waals surface area (Å²) in [4.78, 5) is 39.5. The molecule has 3 N–H and O–H groups in total. The van der Waals surface area contributed by atoms with Gasteiger partial charge < -0.3 is 16.0 Å². The van der Waals surface area contributed by atoms with E-state index in [4.69, 9.17) is 5.73 Å². The van der Waals surface area contributed by atoms with Gasteiger partial charge in [0.2, 0.25) is 0 Å². The number of nitrogens with zero attached hydrogens (tertiary/aromatic N) is 4. The number of carbonyl (C=O) groups excluding carboxylic acids is 2. The fourth-order valence-electron chi connectivity index (χ4n) is 4.07. The third-order valence-corrected chi connectivity index (χ3v) is 6.72. The van der Waals surface area contributed by atoms with Crippen molar-refractivity contribution < 1.29 is 9.59 Å². The van der Waals surface area contributed by atoms with Crippen LogP contribution in [0.15, 0.2) is 66.0 Å². The third kappa shape index (κ3) is 4.61. The molecule has 1 saturated heterocycles. The first-order valence-corrected chi connectivity index (χ1v) is 11.9. The summed E-state index contributed by atoms with van der Waals surface area (Å²) >= 11 is 1.36. The van der Waals surface area contributed by atoms with Crippen molar-refractivity contribution in [3.8, 4) is 0 Å². The van der Waals surface area contributed by atoms with Crippen LogP contribution >= 0.6 is 11.3 Å². The number of hydrogen-bond donors (Lipinski definition) is 2. The molecule has 2 amide bonds. The molecule has 0 unspecified atom stereocenters. The Hall–Kier alpha value is -3.82. The number of benzene rings is 2. The third-order valence-electron chi connectivity index (χ3n) is 5.85. The summed E-state index contributed by atoms with van der Waals surface area (Å²) in [6.07, 6.45) is 0. The van der Waals surface area contributed by atoms with E-state index in [2.05, 4.69) is 20.2 Å². The van der Waals surface area contributed by atoms with Crippen molar-refractivity contribution in [2.45, 2.75) is 6.54 Å². The molecular formula is C25H24N6O2S. The Morgan fingerprint density at radius 2 is 1.71 bits per heavy atom. The molecule has 0 aliphatic carbocycles. The lowest BCUT2D eigenvalue weighted by molar-refractivity contribution is 0.0626. The average Bonchev–Trinajstić information content (AvgIpc) is 3.40. The van der Waals surface area contributed by atoms with Gasteiger partial charge in [-0.15, -0.1) is 11.3 Å². The Labute approximate surface area is 201 Å². The van der Waals surface area contributed by atoms with Crippen molar-refractivity contribution >= 4 is 45.6 Å². The smallest absolute Gasteiger partial charge is 0.265 e. The second-order valence-corrected chi connectivity index (χ2v) is 9.04. The lowest BCUT2D eigenvalue weighted by atomic mass is 10.1. The number of fused-ring (bicyclic) bond motifs is 1. The van der Waals surface area contributed by atoms with Gasteiger partial charge in [0, 0.05) is 31.6 Å². The first kappa shape index (κ1) is 22.0. The molecule has 172 valence electrons. The molecule has 1 aliphatic heterocycles. The van der Waals surface area contributed by atoms with E-state index >= 15 is 0 Å². The molecule has 34 heavy (non-hydrogen) atoms. The van der Waals surface area contributed by atoms with E-state index in [9.17, 15) is 9.59 Å². The normalized spacial score (nSPS) is 14.3. The molecule has 9 heteroatoms. The van der Waals surface area contributed by atoms with Gasteiger partial charge in [-0.1, -0.05) is 30.3 Å². The largest absolute Gasteiger partial charge is 0.383 e. The lowest BCUT2D eigenvalue weighted by Gasteiger charge is -2.34. The number of thiophene rings is 1. The first-order valence-electron chi connectivity index (χ1n) is 11.0. The number of hydrogen-bond acceptors (Lipinski definition) is 7. The molecule has 1 fully saturated rings. The van der Waals surface area contributed by atoms with Crippen molar-refractivity contribution in [3.05, 3.63) is 82.3 Å². The average molecular weight is 473 g/mol. The maximum absolute atomic E-state index is 13.3. The summed E-state index contributed by atoms with van der Waals surface area (Å²) in [5, 5.41) is 5.58. The minimum atomic E-state index is -0.213. The van der Waals surface area contributed by atoms with Crippen molar-refractivity contribution in [2.24, 2.45) is 0 Å². The number of rotatable bonds is 5. The molecule has 1 aliphatic rings. The molecule has 2 aromatic carbocycles. The van der Waals surface area contributed by atoms with Crippen LogP contribution in [0.1, 0.15) is 25.9 Å². The molecule has 0 saturated carbocycles. The molecule has 0 spiro atoms. The number of nitrogen functional groups attached to an aromatic ring is 1. The predicted molar refractivity (Wildman–Crippen MR) is 134 cm³/mol. The SMILES string of the molecule is Nc1nc(CN2CCN(C(=O)c3ccccc3NC(=O)c3cccs3)CC2)nc2ccccc12. The number of para-hydroxylation sites is 2. The predicted octanol–water partition coefficient (Wildman–Crippen LogP) is 3.48. The minimum Gasteiger partial charge on any atom is -0.383 e. The molecule has 3 heterocycles. The van der Waals surface area contributed by atoms with Crippen LogP contribution in [-0.4, -0.2) is 57.8 Å². The number of anilines is 2. The summed E-state index contributed by atoms with van der Waals surface area (Å²) in [7, 11) is 0. The number of piperazine rings is 1. The van der Waals surface area contributed by atoms with E-state index < -0.39 is 0 Å². The van der Waals surface area contributed by atoms with Gasteiger partial charge in [-0.25, -0.2) is 9.97 Å². The minimum absolute atomic E-state index is 0.0899. The second-order valence-electron chi connectivity index (χ2n) is 8.09. The van der Waals surface area contributed by atoms with Gasteiger partial charge in [-0.3, -0.25) is 14.5 Å². The number of nitrogens with two attached hydrogens (primary N) is 1. The number of amides is 2. The number of aromatic nitrogens is 2. The molecule has 0 bridgehead atoms. The van der Waals surface area contributed by atoms with Gasteiger partial charge in [-0.05, 0) is 35.7 Å². The van der Waals surface area contributed by atoms with Crippen molar-refractivity contribution in [1.82, 2.24) is 19.8 Å². The van der Waals surface area contributed by atoms with Gasteiger partial charge in [0.1, 0.15) is 11.6 Å². The van der Waals surface area contributed by atoms with Crippen LogP contribution in [0.25, 0.3) is 10.9 Å². The first-order chi connectivity index (χ1) is 16.6. The van der Waals surface area contributed by atoms with E-state index in [1.807, 2.05) is 52.7 Å². The van der Waals surface area contributed by atoms with Crippen LogP contribution in [-0.2, 0) is 6.54 Å². The van der Waals surface area contributed by atoms with Crippen molar-refractivity contribution in [3.63, 3.8) is 0 Å². The highest BCUT2D eigenvalue weighted by Crippen LogP contribution is 2.21. The highest BCUT2D eigenvalue weighted by Gasteiger charge is 2.25. The Morgan fingerprint density at radius 3 is 2.50 bits per heavy atom. The molecule has 8 nitrogen and oxygen atoms in total. The van der Waals surface area contributed by atoms with Crippen LogP contribution in [0.4, 0.5) is 11.5 Å². The number of nitrogens with one attached hydrogen (secondary N) is 1. The fourth-order valence-corrected chi connectivity index (χ4v) is 4.69. The second kappa shape index (κ2) is 9.58. The molecule has 0 atom stereocenters. The maximum atomic E-state index is 13.3. The van der Waals surface area contributed by atoms with Gasteiger partial charge in [0.25, 0.3) is 11.8 Å². The van der Waals surface area contributed by atoms with Crippen LogP contribution in [0.2, 0.25) is 0 Å². The standard InChI is InChI=1S/C25H24N6O2S/c26-23-17-6-1-3-8-19(17)27-22(29-23)16-30-11-13-31(14-12-30)25(33)18-7-2-4-9-20(18)28-24(32)21-10-5-15-34-21/h1-10,15H,11-14,16H2,(H,28,32)(H2,26,27,29). The van der Waals surface area contributed by atoms with Crippen molar-refractivity contribution in [2.75, 3.05) is 37.2 Å². The van der Waals surface area contributed by atoms with E-state index in [1.165, 1.54) is 11.3 Å². The van der Waals surface area contributed by atoms with Crippen LogP contribution in [0.3, 0.4) is 0 Å². The Balaban J connectivity index is 1.23. The maximum Gasteiger partial charge on any atom is 0.265 e. The van der Waals surface area contributed by atoms with E-state index in [1.54, 1.807) is 18.2 Å². The van der Waals surface area contributed by atoms with E-state index in [0.29, 0.717) is 60.5 Å². The molecule has 4 aromatic rings. The summed E-state index contributed by atoms with van der Waals surface area (Å²) < 4.78 is 0. The highest BCUT2D eigenvalue weighted by molar-refractivity contribution is 7.12. The van der Waals surface area contributed by atoms with Gasteiger partial charge in [0.15, 0.2) is 0 Å². The monoisotopic (exact) mass is 472 g/mol. The van der Waals surface area contributed by atoms with E-state index in [0.717, 1.165) is 10.9 Å². The fraction of sp³-hybridized carbons (Fsp3) is 0.200. The molecule has 2 aromatic heterocycles. The van der Waals surface area contributed by atoms with Crippen LogP contribution in [0, 0.1) is 0 Å². The summed E-state index contributed by atoms with van der Waals surface area (Å²) in [6, 6.07) is 18.4. The van der Waals surface area contributed by atoms with Gasteiger partial charge >= 0.3 is 0 Å². The van der Waals surface area contributed by atoms with Crippen LogP contribution in [0.5, 0.6) is 0 Å². The van der Waals surface area contributed by atoms with E-state index in [-0.39, 0.29) is 11.8 Å². The lowest BCUT2D eigenvalue weighted by Crippen LogP contribution is -2.48. The molecule has 5 rings (SSSR count). The number of carbonyl (C=O) groups is 2. The topological polar surface area (TPSA) is 104 Å². The Bertz CT molecular complexity index is 1330. The zero-order chi connectivity index (χ0) is 23.5. The molecule has 0 radical (unpaired) electrons. The zero-order valence-corrected chi connectivity index (χ0v) is 19.3. The quantitative estimate of drug-likeness (QED) is 0.461. The zero-order valence-electron chi connectivity index (χ0n) is 18.5. The Morgan fingerprint density at radius 1 is 0.941 bits per heavy atom. The molecular weight excluding hydrogens is 448 g/mol. The summed E-state index contributed by atoms with van der Waals surface area (Å²) in [5.41, 5.74) is 7.96. The van der Waals surface area contributed by atoms with Gasteiger partial charge in [-0.2, -0.15) is 0 Å².